The van der Waals surface area contributed by atoms with Crippen molar-refractivity contribution in [2.45, 2.75) is 32.4 Å². The van der Waals surface area contributed by atoms with Crippen LogP contribution in [0.4, 0.5) is 0 Å². The van der Waals surface area contributed by atoms with E-state index >= 15 is 0 Å². The molecule has 0 bridgehead atoms. The number of amides is 1. The van der Waals surface area contributed by atoms with Crippen LogP contribution in [0.3, 0.4) is 0 Å². The zero-order chi connectivity index (χ0) is 16.0. The van der Waals surface area contributed by atoms with Crippen LogP contribution in [-0.2, 0) is 11.2 Å². The van der Waals surface area contributed by atoms with Crippen LogP contribution < -0.4 is 15.8 Å². The maximum absolute atomic E-state index is 11.8. The number of ether oxygens (including phenoxy) is 1. The summed E-state index contributed by atoms with van der Waals surface area (Å²) in [6.07, 6.45) is 1.79. The Balaban J connectivity index is 2.84. The molecule has 1 aromatic carbocycles. The monoisotopic (exact) mass is 418 g/mol. The van der Waals surface area contributed by atoms with Gasteiger partial charge in [0.2, 0.25) is 0 Å². The van der Waals surface area contributed by atoms with Gasteiger partial charge in [-0.05, 0) is 69.8 Å². The van der Waals surface area contributed by atoms with Crippen LogP contribution >= 0.6 is 31.9 Å². The Kier molecular flexibility index (Phi) is 7.42. The standard InChI is InChI=1S/C15H20Br2N2O2/c1-4-5-19-15(20)10(3)21-14-12(16)7-11(6-9(2)18)8-13(14)17/h4,7-10H,1,5-6,18H2,2-3H3,(H,19,20). The summed E-state index contributed by atoms with van der Waals surface area (Å²) in [5.41, 5.74) is 6.90. The fourth-order valence-electron chi connectivity index (χ4n) is 1.76. The van der Waals surface area contributed by atoms with Gasteiger partial charge in [0, 0.05) is 12.6 Å². The highest BCUT2D eigenvalue weighted by atomic mass is 79.9. The molecule has 1 aromatic rings. The smallest absolute Gasteiger partial charge is 0.261 e. The van der Waals surface area contributed by atoms with Crippen molar-refractivity contribution < 1.29 is 9.53 Å². The fraction of sp³-hybridized carbons (Fsp3) is 0.400. The molecule has 0 aliphatic carbocycles. The highest BCUT2D eigenvalue weighted by Crippen LogP contribution is 2.35. The molecule has 4 nitrogen and oxygen atoms in total. The lowest BCUT2D eigenvalue weighted by Gasteiger charge is -2.17. The van der Waals surface area contributed by atoms with E-state index in [1.54, 1.807) is 13.0 Å². The summed E-state index contributed by atoms with van der Waals surface area (Å²) in [6.45, 7) is 7.63. The summed E-state index contributed by atoms with van der Waals surface area (Å²) in [4.78, 5) is 11.8. The van der Waals surface area contributed by atoms with Crippen molar-refractivity contribution in [2.75, 3.05) is 6.54 Å². The molecule has 0 saturated carbocycles. The number of hydrogen-bond donors (Lipinski definition) is 2. The first-order valence-electron chi connectivity index (χ1n) is 6.64. The van der Waals surface area contributed by atoms with Gasteiger partial charge in [0.15, 0.2) is 6.10 Å². The van der Waals surface area contributed by atoms with Gasteiger partial charge >= 0.3 is 0 Å². The van der Waals surface area contributed by atoms with Gasteiger partial charge in [0.05, 0.1) is 8.95 Å². The first-order valence-corrected chi connectivity index (χ1v) is 8.22. The van der Waals surface area contributed by atoms with Crippen LogP contribution in [0.25, 0.3) is 0 Å². The van der Waals surface area contributed by atoms with Crippen LogP contribution in [-0.4, -0.2) is 24.6 Å². The van der Waals surface area contributed by atoms with Crippen molar-refractivity contribution in [3.8, 4) is 5.75 Å². The van der Waals surface area contributed by atoms with Gasteiger partial charge < -0.3 is 15.8 Å². The Morgan fingerprint density at radius 2 is 2.00 bits per heavy atom. The fourth-order valence-corrected chi connectivity index (χ4v) is 3.23. The van der Waals surface area contributed by atoms with E-state index in [2.05, 4.69) is 43.8 Å². The molecule has 0 heterocycles. The largest absolute Gasteiger partial charge is 0.479 e. The molecule has 21 heavy (non-hydrogen) atoms. The Hall–Kier alpha value is -0.850. The van der Waals surface area contributed by atoms with E-state index < -0.39 is 6.10 Å². The number of nitrogens with two attached hydrogens (primary N) is 1. The molecule has 0 aromatic heterocycles. The minimum Gasteiger partial charge on any atom is -0.479 e. The third kappa shape index (κ3) is 5.80. The number of carbonyl (C=O) groups excluding carboxylic acids is 1. The highest BCUT2D eigenvalue weighted by Gasteiger charge is 2.18. The quantitative estimate of drug-likeness (QED) is 0.667. The minimum atomic E-state index is -0.600. The normalized spacial score (nSPS) is 13.4. The van der Waals surface area contributed by atoms with Gasteiger partial charge in [-0.25, -0.2) is 0 Å². The molecule has 0 aliphatic heterocycles. The highest BCUT2D eigenvalue weighted by molar-refractivity contribution is 9.11. The van der Waals surface area contributed by atoms with Gasteiger partial charge in [-0.15, -0.1) is 6.58 Å². The molecule has 116 valence electrons. The third-order valence-electron chi connectivity index (χ3n) is 2.70. The number of hydrogen-bond acceptors (Lipinski definition) is 3. The maximum Gasteiger partial charge on any atom is 0.261 e. The van der Waals surface area contributed by atoms with Gasteiger partial charge in [0.1, 0.15) is 5.75 Å². The summed E-state index contributed by atoms with van der Waals surface area (Å²) in [7, 11) is 0. The molecule has 2 unspecified atom stereocenters. The molecule has 3 N–H and O–H groups in total. The first kappa shape index (κ1) is 18.2. The van der Waals surface area contributed by atoms with E-state index in [-0.39, 0.29) is 11.9 Å². The Bertz CT molecular complexity index is 495. The Labute approximate surface area is 142 Å². The molecule has 0 saturated heterocycles. The van der Waals surface area contributed by atoms with E-state index in [1.165, 1.54) is 0 Å². The minimum absolute atomic E-state index is 0.0826. The zero-order valence-electron chi connectivity index (χ0n) is 12.2. The maximum atomic E-state index is 11.8. The second kappa shape index (κ2) is 8.56. The summed E-state index contributed by atoms with van der Waals surface area (Å²) in [5, 5.41) is 2.70. The van der Waals surface area contributed by atoms with Crippen molar-refractivity contribution in [3.05, 3.63) is 39.3 Å². The van der Waals surface area contributed by atoms with Crippen LogP contribution in [0.1, 0.15) is 19.4 Å². The van der Waals surface area contributed by atoms with E-state index in [0.717, 1.165) is 20.9 Å². The zero-order valence-corrected chi connectivity index (χ0v) is 15.3. The van der Waals surface area contributed by atoms with Crippen molar-refractivity contribution >= 4 is 37.8 Å². The molecule has 0 radical (unpaired) electrons. The first-order chi connectivity index (χ1) is 9.85. The Morgan fingerprint density at radius 1 is 1.43 bits per heavy atom. The number of rotatable bonds is 7. The van der Waals surface area contributed by atoms with Gasteiger partial charge in [-0.1, -0.05) is 6.08 Å². The van der Waals surface area contributed by atoms with E-state index in [1.807, 2.05) is 19.1 Å². The van der Waals surface area contributed by atoms with E-state index in [4.69, 9.17) is 10.5 Å². The molecule has 0 spiro atoms. The number of carbonyl (C=O) groups is 1. The molecule has 6 heteroatoms. The van der Waals surface area contributed by atoms with Crippen molar-refractivity contribution in [1.82, 2.24) is 5.32 Å². The van der Waals surface area contributed by atoms with Crippen LogP contribution in [0.15, 0.2) is 33.7 Å². The topological polar surface area (TPSA) is 64.3 Å². The molecule has 0 fully saturated rings. The molecule has 1 amide bonds. The van der Waals surface area contributed by atoms with E-state index in [0.29, 0.717) is 12.3 Å². The molecule has 0 aliphatic rings. The molecule has 2 atom stereocenters. The summed E-state index contributed by atoms with van der Waals surface area (Å²) in [5.74, 6) is 0.415. The summed E-state index contributed by atoms with van der Waals surface area (Å²) >= 11 is 6.95. The number of nitrogens with one attached hydrogen (secondary N) is 1. The average Bonchev–Trinajstić information content (AvgIpc) is 2.39. The van der Waals surface area contributed by atoms with Crippen molar-refractivity contribution in [1.29, 1.82) is 0 Å². The van der Waals surface area contributed by atoms with Crippen LogP contribution in [0.5, 0.6) is 5.75 Å². The van der Waals surface area contributed by atoms with Crippen LogP contribution in [0, 0.1) is 0 Å². The van der Waals surface area contributed by atoms with Crippen molar-refractivity contribution in [2.24, 2.45) is 5.73 Å². The summed E-state index contributed by atoms with van der Waals surface area (Å²) in [6, 6.07) is 3.99. The molecular weight excluding hydrogens is 400 g/mol. The number of halogens is 2. The second-order valence-corrected chi connectivity index (χ2v) is 6.57. The van der Waals surface area contributed by atoms with Gasteiger partial charge in [0.25, 0.3) is 5.91 Å². The predicted octanol–water partition coefficient (Wildman–Crippen LogP) is 3.17. The van der Waals surface area contributed by atoms with Gasteiger partial charge in [-0.2, -0.15) is 0 Å². The average molecular weight is 420 g/mol. The lowest BCUT2D eigenvalue weighted by Crippen LogP contribution is -2.36. The van der Waals surface area contributed by atoms with Gasteiger partial charge in [-0.3, -0.25) is 4.79 Å². The lowest BCUT2D eigenvalue weighted by molar-refractivity contribution is -0.127. The SMILES string of the molecule is C=CCNC(=O)C(C)Oc1c(Br)cc(CC(C)N)cc1Br. The van der Waals surface area contributed by atoms with Crippen LogP contribution in [0.2, 0.25) is 0 Å². The number of benzene rings is 1. The predicted molar refractivity (Wildman–Crippen MR) is 92.5 cm³/mol. The second-order valence-electron chi connectivity index (χ2n) is 4.86. The van der Waals surface area contributed by atoms with E-state index in [9.17, 15) is 4.79 Å². The Morgan fingerprint density at radius 3 is 2.48 bits per heavy atom. The summed E-state index contributed by atoms with van der Waals surface area (Å²) < 4.78 is 7.30. The third-order valence-corrected chi connectivity index (χ3v) is 3.88. The molecular formula is C15H20Br2N2O2. The molecule has 1 rings (SSSR count). The van der Waals surface area contributed by atoms with Crippen molar-refractivity contribution in [3.63, 3.8) is 0 Å². The lowest BCUT2D eigenvalue weighted by atomic mass is 10.1.